The molecule has 21 heavy (non-hydrogen) atoms. The van der Waals surface area contributed by atoms with Crippen LogP contribution in [0.15, 0.2) is 24.5 Å². The summed E-state index contributed by atoms with van der Waals surface area (Å²) in [6.07, 6.45) is 4.83. The van der Waals surface area contributed by atoms with E-state index in [0.717, 1.165) is 20.0 Å². The zero-order chi connectivity index (χ0) is 15.7. The summed E-state index contributed by atoms with van der Waals surface area (Å²) in [6, 6.07) is 3.29. The molecule has 0 spiro atoms. The molecule has 8 nitrogen and oxygen atoms in total. The van der Waals surface area contributed by atoms with Gasteiger partial charge < -0.3 is 15.4 Å². The van der Waals surface area contributed by atoms with Crippen LogP contribution < -0.4 is 5.73 Å². The highest BCUT2D eigenvalue weighted by molar-refractivity contribution is 7.47. The molecule has 0 aromatic carbocycles. The normalized spacial score (nSPS) is 20.2. The maximum absolute atomic E-state index is 10.8. The van der Waals surface area contributed by atoms with Gasteiger partial charge in [-0.1, -0.05) is 0 Å². The molecule has 0 saturated carbocycles. The maximum Gasteiger partial charge on any atom is 0.472 e. The zero-order valence-corrected chi connectivity index (χ0v) is 12.6. The van der Waals surface area contributed by atoms with Gasteiger partial charge in [0.25, 0.3) is 0 Å². The van der Waals surface area contributed by atoms with Gasteiger partial charge in [-0.25, -0.2) is 4.57 Å². The van der Waals surface area contributed by atoms with E-state index >= 15 is 0 Å². The van der Waals surface area contributed by atoms with Crippen LogP contribution in [0.3, 0.4) is 0 Å². The third-order valence-corrected chi connectivity index (χ3v) is 3.56. The fourth-order valence-corrected chi connectivity index (χ4v) is 1.97. The van der Waals surface area contributed by atoms with Crippen LogP contribution in [0.2, 0.25) is 0 Å². The predicted molar refractivity (Wildman–Crippen MR) is 74.5 cm³/mol. The Kier molecular flexibility index (Phi) is 7.49. The number of aromatic nitrogens is 1. The molecule has 2 heterocycles. The molecule has 9 heteroatoms. The van der Waals surface area contributed by atoms with Crippen LogP contribution in [0.5, 0.6) is 0 Å². The van der Waals surface area contributed by atoms with E-state index < -0.39 is 13.7 Å². The van der Waals surface area contributed by atoms with Crippen LogP contribution in [0, 0.1) is 0 Å². The minimum absolute atomic E-state index is 0.0550. The Balaban J connectivity index is 0.000000219. The lowest BCUT2D eigenvalue weighted by Crippen LogP contribution is -2.13. The molecule has 1 fully saturated rings. The van der Waals surface area contributed by atoms with Crippen LogP contribution in [0.25, 0.3) is 0 Å². The zero-order valence-electron chi connectivity index (χ0n) is 11.7. The van der Waals surface area contributed by atoms with Gasteiger partial charge >= 0.3 is 7.82 Å². The highest BCUT2D eigenvalue weighted by Crippen LogP contribution is 2.42. The molecule has 2 unspecified atom stereocenters. The second-order valence-corrected chi connectivity index (χ2v) is 5.75. The van der Waals surface area contributed by atoms with E-state index in [-0.39, 0.29) is 12.7 Å². The summed E-state index contributed by atoms with van der Waals surface area (Å²) < 4.78 is 24.8. The Morgan fingerprint density at radius 1 is 1.67 bits per heavy atom. The van der Waals surface area contributed by atoms with Crippen molar-refractivity contribution in [3.05, 3.63) is 30.1 Å². The first kappa shape index (κ1) is 17.7. The quantitative estimate of drug-likeness (QED) is 0.780. The van der Waals surface area contributed by atoms with Gasteiger partial charge in [-0.2, -0.15) is 0 Å². The Bertz CT molecular complexity index is 478. The SMILES string of the molecule is COP(=O)(O)OCC1CCCO1.NC(=O)c1cccnc1. The molecule has 3 N–H and O–H groups in total. The largest absolute Gasteiger partial charge is 0.472 e. The van der Waals surface area contributed by atoms with Crippen LogP contribution in [0.4, 0.5) is 0 Å². The predicted octanol–water partition coefficient (Wildman–Crippen LogP) is 1.11. The lowest BCUT2D eigenvalue weighted by atomic mass is 10.2. The summed E-state index contributed by atoms with van der Waals surface area (Å²) in [7, 11) is -2.67. The van der Waals surface area contributed by atoms with E-state index in [4.69, 9.17) is 15.4 Å². The first-order valence-electron chi connectivity index (χ1n) is 6.29. The number of hydrogen-bond donors (Lipinski definition) is 2. The van der Waals surface area contributed by atoms with Gasteiger partial charge in [-0.3, -0.25) is 18.8 Å². The summed E-state index contributed by atoms with van der Waals surface area (Å²) in [5.41, 5.74) is 5.38. The van der Waals surface area contributed by atoms with Crippen molar-refractivity contribution in [2.75, 3.05) is 20.3 Å². The van der Waals surface area contributed by atoms with Crippen LogP contribution in [0.1, 0.15) is 23.2 Å². The van der Waals surface area contributed by atoms with Gasteiger partial charge in [-0.05, 0) is 25.0 Å². The average molecular weight is 318 g/mol. The molecule has 2 rings (SSSR count). The molecule has 1 amide bonds. The monoisotopic (exact) mass is 318 g/mol. The highest BCUT2D eigenvalue weighted by Gasteiger charge is 2.23. The number of phosphoric acid groups is 1. The Hall–Kier alpha value is -1.31. The number of rotatable bonds is 5. The van der Waals surface area contributed by atoms with Crippen molar-refractivity contribution in [3.8, 4) is 0 Å². The third-order valence-electron chi connectivity index (χ3n) is 2.62. The van der Waals surface area contributed by atoms with E-state index in [1.54, 1.807) is 18.3 Å². The number of carbonyl (C=O) groups excluding carboxylic acids is 1. The smallest absolute Gasteiger partial charge is 0.376 e. The highest BCUT2D eigenvalue weighted by atomic mass is 31.2. The summed E-state index contributed by atoms with van der Waals surface area (Å²) in [5, 5.41) is 0. The number of nitrogens with zero attached hydrogens (tertiary/aromatic N) is 1. The maximum atomic E-state index is 10.8. The minimum atomic E-state index is -3.81. The van der Waals surface area contributed by atoms with E-state index in [9.17, 15) is 9.36 Å². The Labute approximate surface area is 122 Å². The van der Waals surface area contributed by atoms with Crippen molar-refractivity contribution in [1.82, 2.24) is 4.98 Å². The van der Waals surface area contributed by atoms with E-state index in [0.29, 0.717) is 12.2 Å². The first-order valence-corrected chi connectivity index (χ1v) is 7.78. The molecule has 1 aromatic heterocycles. The molecule has 1 aliphatic rings. The number of hydrogen-bond acceptors (Lipinski definition) is 6. The molecule has 118 valence electrons. The molecule has 1 saturated heterocycles. The van der Waals surface area contributed by atoms with Gasteiger partial charge in [0.2, 0.25) is 5.91 Å². The van der Waals surface area contributed by atoms with Crippen LogP contribution in [-0.4, -0.2) is 42.2 Å². The number of amides is 1. The second-order valence-electron chi connectivity index (χ2n) is 4.19. The van der Waals surface area contributed by atoms with Crippen molar-refractivity contribution < 1.29 is 28.0 Å². The van der Waals surface area contributed by atoms with Crippen LogP contribution in [-0.2, 0) is 18.3 Å². The lowest BCUT2D eigenvalue weighted by Gasteiger charge is -2.12. The Morgan fingerprint density at radius 3 is 2.86 bits per heavy atom. The van der Waals surface area contributed by atoms with Crippen molar-refractivity contribution in [1.29, 1.82) is 0 Å². The van der Waals surface area contributed by atoms with Gasteiger partial charge in [0.05, 0.1) is 18.3 Å². The van der Waals surface area contributed by atoms with Crippen LogP contribution >= 0.6 is 7.82 Å². The number of ether oxygens (including phenoxy) is 1. The number of nitrogens with two attached hydrogens (primary N) is 1. The fourth-order valence-electron chi connectivity index (χ4n) is 1.51. The van der Waals surface area contributed by atoms with Crippen molar-refractivity contribution in [3.63, 3.8) is 0 Å². The number of phosphoric ester groups is 1. The van der Waals surface area contributed by atoms with Gasteiger partial charge in [0, 0.05) is 26.1 Å². The van der Waals surface area contributed by atoms with E-state index in [1.807, 2.05) is 0 Å². The molecule has 0 aliphatic carbocycles. The topological polar surface area (TPSA) is 121 Å². The standard InChI is InChI=1S/C6H6N2O.C6H13O5P/c7-6(9)5-2-1-3-8-4-5;1-9-12(7,8)11-5-6-3-2-4-10-6/h1-4H,(H2,7,9);6H,2-5H2,1H3,(H,7,8). The van der Waals surface area contributed by atoms with Gasteiger partial charge in [-0.15, -0.1) is 0 Å². The molecule has 0 bridgehead atoms. The molecule has 0 radical (unpaired) electrons. The summed E-state index contributed by atoms with van der Waals surface area (Å²) >= 11 is 0. The first-order chi connectivity index (χ1) is 9.94. The van der Waals surface area contributed by atoms with E-state index in [1.165, 1.54) is 6.20 Å². The summed E-state index contributed by atoms with van der Waals surface area (Å²) in [5.74, 6) is -0.442. The number of primary amides is 1. The second kappa shape index (κ2) is 8.86. The molecule has 2 atom stereocenters. The number of pyridine rings is 1. The third kappa shape index (κ3) is 7.31. The average Bonchev–Trinajstić information content (AvgIpc) is 3.00. The summed E-state index contributed by atoms with van der Waals surface area (Å²) in [4.78, 5) is 22.9. The molecular formula is C12H19N2O6P. The Morgan fingerprint density at radius 2 is 2.43 bits per heavy atom. The fraction of sp³-hybridized carbons (Fsp3) is 0.500. The number of carbonyl (C=O) groups is 1. The van der Waals surface area contributed by atoms with E-state index in [2.05, 4.69) is 14.0 Å². The minimum Gasteiger partial charge on any atom is -0.376 e. The molecule has 1 aromatic rings. The van der Waals surface area contributed by atoms with Gasteiger partial charge in [0.1, 0.15) is 0 Å². The lowest BCUT2D eigenvalue weighted by molar-refractivity contribution is 0.0516. The van der Waals surface area contributed by atoms with Crippen molar-refractivity contribution in [2.24, 2.45) is 5.73 Å². The summed E-state index contributed by atoms with van der Waals surface area (Å²) in [6.45, 7) is 0.832. The van der Waals surface area contributed by atoms with Crippen molar-refractivity contribution in [2.45, 2.75) is 18.9 Å². The molecule has 1 aliphatic heterocycles. The van der Waals surface area contributed by atoms with Gasteiger partial charge in [0.15, 0.2) is 0 Å². The molecular weight excluding hydrogens is 299 g/mol. The van der Waals surface area contributed by atoms with Crippen molar-refractivity contribution >= 4 is 13.7 Å².